The van der Waals surface area contributed by atoms with Crippen molar-refractivity contribution in [3.63, 3.8) is 0 Å². The van der Waals surface area contributed by atoms with E-state index in [2.05, 4.69) is 39.5 Å². The lowest BCUT2D eigenvalue weighted by molar-refractivity contribution is -0.191. The van der Waals surface area contributed by atoms with Crippen LogP contribution in [-0.4, -0.2) is 62.3 Å². The smallest absolute Gasteiger partial charge is 0.308 e. The first-order chi connectivity index (χ1) is 29.7. The molecule has 4 saturated carbocycles. The number of fused-ring (bicyclic) bond motifs is 2. The topological polar surface area (TPSA) is 82.1 Å². The summed E-state index contributed by atoms with van der Waals surface area (Å²) in [6.45, 7) is 15.8. The lowest BCUT2D eigenvalue weighted by Gasteiger charge is -2.67. The minimum atomic E-state index is -0.0400. The second-order valence-corrected chi connectivity index (χ2v) is 21.2. The molecule has 4 fully saturated rings. The molecule has 0 heterocycles. The van der Waals surface area contributed by atoms with Gasteiger partial charge >= 0.3 is 17.9 Å². The predicted molar refractivity (Wildman–Crippen MR) is 251 cm³/mol. The van der Waals surface area contributed by atoms with Gasteiger partial charge in [0.15, 0.2) is 0 Å². The van der Waals surface area contributed by atoms with E-state index >= 15 is 0 Å². The largest absolute Gasteiger partial charge is 0.466 e. The summed E-state index contributed by atoms with van der Waals surface area (Å²) < 4.78 is 17.9. The highest BCUT2D eigenvalue weighted by Gasteiger charge is 2.82. The average molecular weight is 856 g/mol. The number of unbranched alkanes of at least 4 members (excludes halogenated alkanes) is 14. The van der Waals surface area contributed by atoms with Crippen molar-refractivity contribution >= 4 is 17.9 Å². The maximum absolute atomic E-state index is 13.6. The molecule has 7 nitrogen and oxygen atoms in total. The molecule has 1 spiro atoms. The Labute approximate surface area is 376 Å². The zero-order chi connectivity index (χ0) is 43.9. The van der Waals surface area contributed by atoms with Gasteiger partial charge in [0.05, 0.1) is 25.7 Å². The minimum absolute atomic E-state index is 0.00784. The molecule has 0 aromatic heterocycles. The van der Waals surface area contributed by atoms with E-state index < -0.39 is 0 Å². The van der Waals surface area contributed by atoms with Crippen molar-refractivity contribution in [1.82, 2.24) is 4.90 Å². The van der Waals surface area contributed by atoms with E-state index in [1.807, 2.05) is 0 Å². The van der Waals surface area contributed by atoms with E-state index in [1.54, 1.807) is 0 Å². The van der Waals surface area contributed by atoms with Gasteiger partial charge in [-0.2, -0.15) is 0 Å². The highest BCUT2D eigenvalue weighted by Crippen LogP contribution is 2.91. The maximum Gasteiger partial charge on any atom is 0.308 e. The van der Waals surface area contributed by atoms with Crippen LogP contribution in [0.1, 0.15) is 253 Å². The normalized spacial score (nSPS) is 26.4. The predicted octanol–water partition coefficient (Wildman–Crippen LogP) is 14.5. The number of esters is 3. The zero-order valence-corrected chi connectivity index (χ0v) is 40.8. The van der Waals surface area contributed by atoms with E-state index in [4.69, 9.17) is 14.2 Å². The van der Waals surface area contributed by atoms with Gasteiger partial charge in [-0.3, -0.25) is 14.4 Å². The van der Waals surface area contributed by atoms with Crippen LogP contribution < -0.4 is 0 Å². The number of ether oxygens (including phenoxy) is 3. The molecule has 0 amide bonds. The third-order valence-corrected chi connectivity index (χ3v) is 16.7. The molecule has 6 atom stereocenters. The molecule has 0 saturated heterocycles. The van der Waals surface area contributed by atoms with Crippen LogP contribution in [0.15, 0.2) is 0 Å². The first-order valence-electron chi connectivity index (χ1n) is 26.9. The zero-order valence-electron chi connectivity index (χ0n) is 40.8. The summed E-state index contributed by atoms with van der Waals surface area (Å²) in [5, 5.41) is 0. The van der Waals surface area contributed by atoms with Crippen LogP contribution in [-0.2, 0) is 28.6 Å². The van der Waals surface area contributed by atoms with Gasteiger partial charge in [0, 0.05) is 12.8 Å². The number of carbonyl (C=O) groups excluding carboxylic acids is 3. The lowest BCUT2D eigenvalue weighted by atomic mass is 9.37. The Bertz CT molecular complexity index is 1250. The molecule has 4 aliphatic carbocycles. The van der Waals surface area contributed by atoms with Gasteiger partial charge in [-0.25, -0.2) is 0 Å². The fourth-order valence-electron chi connectivity index (χ4n) is 14.0. The second kappa shape index (κ2) is 27.6. The van der Waals surface area contributed by atoms with Gasteiger partial charge in [-0.1, -0.05) is 137 Å². The van der Waals surface area contributed by atoms with Gasteiger partial charge < -0.3 is 19.1 Å². The Hall–Kier alpha value is -1.63. The summed E-state index contributed by atoms with van der Waals surface area (Å²) in [6, 6.07) is 0. The summed E-state index contributed by atoms with van der Waals surface area (Å²) in [5.41, 5.74) is 1.36. The van der Waals surface area contributed by atoms with Crippen molar-refractivity contribution in [3.8, 4) is 0 Å². The van der Waals surface area contributed by atoms with Crippen LogP contribution in [0.5, 0.6) is 0 Å². The van der Waals surface area contributed by atoms with Crippen molar-refractivity contribution < 1.29 is 28.6 Å². The Morgan fingerprint density at radius 1 is 0.508 bits per heavy atom. The lowest BCUT2D eigenvalue weighted by Crippen LogP contribution is -2.60. The molecule has 6 unspecified atom stereocenters. The van der Waals surface area contributed by atoms with Gasteiger partial charge in [0.25, 0.3) is 0 Å². The summed E-state index contributed by atoms with van der Waals surface area (Å²) in [7, 11) is 0. The first kappa shape index (κ1) is 52.0. The number of nitrogens with zero attached hydrogens (tertiary/aromatic N) is 1. The summed E-state index contributed by atoms with van der Waals surface area (Å²) in [6.07, 6.45) is 39.0. The number of rotatable bonds is 39. The first-order valence-corrected chi connectivity index (χ1v) is 26.9. The van der Waals surface area contributed by atoms with Gasteiger partial charge in [-0.05, 0) is 150 Å². The number of hydrogen-bond acceptors (Lipinski definition) is 7. The SMILES string of the molecule is CCCCCCCCCC(=O)OCCCC12CC3CC4(CCCOC(=O)CCCN(CC)CC)CC(CCCOC(=O)C(CCCCCC)CCCCCCCC)(C1)C2(C3)C4. The van der Waals surface area contributed by atoms with Crippen molar-refractivity contribution in [1.29, 1.82) is 0 Å². The van der Waals surface area contributed by atoms with Gasteiger partial charge in [0.2, 0.25) is 0 Å². The second-order valence-electron chi connectivity index (χ2n) is 21.2. The Kier molecular flexibility index (Phi) is 23.6. The molecule has 0 aliphatic heterocycles. The fourth-order valence-corrected chi connectivity index (χ4v) is 14.0. The van der Waals surface area contributed by atoms with E-state index in [0.717, 1.165) is 103 Å². The maximum atomic E-state index is 13.6. The van der Waals surface area contributed by atoms with E-state index in [0.29, 0.717) is 54.3 Å². The van der Waals surface area contributed by atoms with E-state index in [1.165, 1.54) is 128 Å². The standard InChI is InChI=1S/C54H97NO6/c1-6-11-14-17-19-21-24-31-48(56)60-38-27-34-52-41-46-40-51(33-26-37-59-49(57)32-25-36-55(9-4)10-5)43-53(45-52,54(52,42-46)44-51)35-28-39-61-50(58)47(29-22-16-13-8-3)30-23-20-18-15-12-7-2/h46-47H,6-45H2,1-5H3. The number of carbonyl (C=O) groups is 3. The van der Waals surface area contributed by atoms with Crippen molar-refractivity contribution in [3.05, 3.63) is 0 Å². The molecule has 0 N–H and O–H groups in total. The Morgan fingerprint density at radius 3 is 1.62 bits per heavy atom. The fraction of sp³-hybridized carbons (Fsp3) is 0.944. The third kappa shape index (κ3) is 15.2. The Morgan fingerprint density at radius 2 is 1.02 bits per heavy atom. The molecule has 0 radical (unpaired) electrons. The third-order valence-electron chi connectivity index (χ3n) is 16.7. The quantitative estimate of drug-likeness (QED) is 0.0346. The molecule has 0 aromatic carbocycles. The Balaban J connectivity index is 1.31. The number of hydrogen-bond donors (Lipinski definition) is 0. The van der Waals surface area contributed by atoms with E-state index in [9.17, 15) is 14.4 Å². The molecule has 61 heavy (non-hydrogen) atoms. The van der Waals surface area contributed by atoms with Crippen molar-refractivity contribution in [2.75, 3.05) is 39.5 Å². The molecule has 4 aliphatic rings. The van der Waals surface area contributed by atoms with E-state index in [-0.39, 0.29) is 23.8 Å². The van der Waals surface area contributed by atoms with Crippen molar-refractivity contribution in [2.45, 2.75) is 253 Å². The van der Waals surface area contributed by atoms with Crippen LogP contribution in [0.25, 0.3) is 0 Å². The molecule has 3 bridgehead atoms. The van der Waals surface area contributed by atoms with Crippen molar-refractivity contribution in [2.24, 2.45) is 33.5 Å². The summed E-state index contributed by atoms with van der Waals surface area (Å²) in [4.78, 5) is 41.3. The van der Waals surface area contributed by atoms with Crippen LogP contribution in [0.4, 0.5) is 0 Å². The highest BCUT2D eigenvalue weighted by molar-refractivity contribution is 5.72. The molecular formula is C54H97NO6. The average Bonchev–Trinajstić information content (AvgIpc) is 3.54. The minimum Gasteiger partial charge on any atom is -0.466 e. The monoisotopic (exact) mass is 856 g/mol. The van der Waals surface area contributed by atoms with Crippen LogP contribution >= 0.6 is 0 Å². The summed E-state index contributed by atoms with van der Waals surface area (Å²) in [5.74, 6) is 0.847. The molecular weight excluding hydrogens is 759 g/mol. The van der Waals surface area contributed by atoms with Crippen LogP contribution in [0.3, 0.4) is 0 Å². The molecule has 0 aromatic rings. The molecule has 354 valence electrons. The molecule has 4 rings (SSSR count). The van der Waals surface area contributed by atoms with Crippen LogP contribution in [0, 0.1) is 33.5 Å². The van der Waals surface area contributed by atoms with Gasteiger partial charge in [0.1, 0.15) is 0 Å². The highest BCUT2D eigenvalue weighted by atomic mass is 16.5. The summed E-state index contributed by atoms with van der Waals surface area (Å²) >= 11 is 0. The van der Waals surface area contributed by atoms with Crippen LogP contribution in [0.2, 0.25) is 0 Å². The molecule has 7 heteroatoms. The van der Waals surface area contributed by atoms with Gasteiger partial charge in [-0.15, -0.1) is 0 Å².